The Balaban J connectivity index is 1.31. The molecule has 0 fully saturated rings. The summed E-state index contributed by atoms with van der Waals surface area (Å²) >= 11 is 1.77. The SMILES string of the molecule is c1ccc2c(c1)nc1sc3c(-c4ccc5c(c4)c4cccc6c4-c4c(cccc4c4ccccc45)c4ccccc4c4ccccc64)cccc3n12. The molecule has 0 radical (unpaired) electrons. The summed E-state index contributed by atoms with van der Waals surface area (Å²) in [6, 6.07) is 62.9. The number of hydrogen-bond donors (Lipinski definition) is 0. The molecule has 2 aliphatic carbocycles. The lowest BCUT2D eigenvalue weighted by Gasteiger charge is -2.19. The Labute approximate surface area is 302 Å². The van der Waals surface area contributed by atoms with Crippen LogP contribution in [0.2, 0.25) is 0 Å². The molecule has 3 heteroatoms. The monoisotopic (exact) mass is 676 g/mol. The number of para-hydroxylation sites is 2. The van der Waals surface area contributed by atoms with E-state index in [0.29, 0.717) is 0 Å². The highest BCUT2D eigenvalue weighted by atomic mass is 32.1. The first kappa shape index (κ1) is 28.2. The van der Waals surface area contributed by atoms with Gasteiger partial charge in [0.25, 0.3) is 0 Å². The van der Waals surface area contributed by atoms with Gasteiger partial charge in [-0.25, -0.2) is 4.98 Å². The van der Waals surface area contributed by atoms with Crippen molar-refractivity contribution < 1.29 is 0 Å². The molecule has 52 heavy (non-hydrogen) atoms. The topological polar surface area (TPSA) is 17.3 Å². The zero-order valence-electron chi connectivity index (χ0n) is 28.0. The Morgan fingerprint density at radius 1 is 0.365 bits per heavy atom. The quantitative estimate of drug-likeness (QED) is 0.169. The highest BCUT2D eigenvalue weighted by molar-refractivity contribution is 7.24. The van der Waals surface area contributed by atoms with Crippen LogP contribution in [-0.4, -0.2) is 9.38 Å². The number of fused-ring (bicyclic) bond motifs is 15. The number of nitrogens with zero attached hydrogens (tertiary/aromatic N) is 2. The van der Waals surface area contributed by atoms with Gasteiger partial charge in [-0.15, -0.1) is 0 Å². The Kier molecular flexibility index (Phi) is 5.68. The molecule has 10 aromatic rings. The third-order valence-corrected chi connectivity index (χ3v) is 12.3. The first-order chi connectivity index (χ1) is 25.8. The van der Waals surface area contributed by atoms with E-state index in [-0.39, 0.29) is 0 Å². The first-order valence-electron chi connectivity index (χ1n) is 17.8. The third-order valence-electron chi connectivity index (χ3n) is 11.2. The highest BCUT2D eigenvalue weighted by Crippen LogP contribution is 2.48. The highest BCUT2D eigenvalue weighted by Gasteiger charge is 2.20. The van der Waals surface area contributed by atoms with Gasteiger partial charge in [0, 0.05) is 5.56 Å². The number of benzene rings is 8. The van der Waals surface area contributed by atoms with E-state index in [1.54, 1.807) is 11.3 Å². The van der Waals surface area contributed by atoms with Gasteiger partial charge in [0.05, 0.1) is 21.3 Å². The average molecular weight is 677 g/mol. The van der Waals surface area contributed by atoms with Gasteiger partial charge in [0.1, 0.15) is 0 Å². The second kappa shape index (κ2) is 10.5. The molecular weight excluding hydrogens is 649 g/mol. The van der Waals surface area contributed by atoms with Crippen LogP contribution in [0, 0.1) is 0 Å². The molecule has 12 rings (SSSR count). The average Bonchev–Trinajstić information content (AvgIpc) is 3.76. The van der Waals surface area contributed by atoms with Crippen LogP contribution < -0.4 is 0 Å². The Hall–Kier alpha value is -6.55. The normalized spacial score (nSPS) is 12.2. The van der Waals surface area contributed by atoms with Crippen LogP contribution in [0.15, 0.2) is 170 Å². The van der Waals surface area contributed by atoms with Crippen LogP contribution in [0.25, 0.3) is 113 Å². The van der Waals surface area contributed by atoms with Crippen molar-refractivity contribution >= 4 is 102 Å². The lowest BCUT2D eigenvalue weighted by Crippen LogP contribution is -1.92. The number of imidazole rings is 1. The fourth-order valence-electron chi connectivity index (χ4n) is 9.00. The largest absolute Gasteiger partial charge is 0.283 e. The zero-order chi connectivity index (χ0) is 33.9. The summed E-state index contributed by atoms with van der Waals surface area (Å²) < 4.78 is 3.57. The summed E-state index contributed by atoms with van der Waals surface area (Å²) in [5.74, 6) is 0. The van der Waals surface area contributed by atoms with E-state index in [0.717, 1.165) is 16.0 Å². The van der Waals surface area contributed by atoms with E-state index in [4.69, 9.17) is 4.98 Å². The molecule has 0 unspecified atom stereocenters. The van der Waals surface area contributed by atoms with Crippen molar-refractivity contribution in [3.05, 3.63) is 170 Å². The van der Waals surface area contributed by atoms with Crippen molar-refractivity contribution in [2.24, 2.45) is 0 Å². The van der Waals surface area contributed by atoms with Crippen molar-refractivity contribution in [1.29, 1.82) is 0 Å². The Morgan fingerprint density at radius 3 is 1.40 bits per heavy atom. The molecule has 0 spiro atoms. The second-order valence-electron chi connectivity index (χ2n) is 13.8. The fourth-order valence-corrected chi connectivity index (χ4v) is 10.2. The number of aromatic nitrogens is 2. The van der Waals surface area contributed by atoms with Gasteiger partial charge >= 0.3 is 0 Å². The van der Waals surface area contributed by atoms with Crippen LogP contribution in [-0.2, 0) is 0 Å². The lowest BCUT2D eigenvalue weighted by molar-refractivity contribution is 1.35. The standard InChI is InChI=1S/C49H28N2S/c1-4-15-34-31(12-1)32-13-2-5-16-35(32)40-21-10-22-41-42-28-29(30-18-11-25-45-48(30)52-49-50-43-23-7-8-24-44(43)51(45)49)26-27-37(42)33-14-3-6-17-36(33)39-20-9-19-38(34)46(39)47(40)41/h1-28H. The molecule has 0 N–H and O–H groups in total. The number of hydrogen-bond acceptors (Lipinski definition) is 2. The molecule has 2 aromatic heterocycles. The van der Waals surface area contributed by atoms with Crippen LogP contribution >= 0.6 is 11.3 Å². The maximum Gasteiger partial charge on any atom is 0.195 e. The van der Waals surface area contributed by atoms with Crippen molar-refractivity contribution in [2.75, 3.05) is 0 Å². The molecule has 2 aliphatic rings. The molecule has 0 bridgehead atoms. The summed E-state index contributed by atoms with van der Waals surface area (Å²) in [7, 11) is 0. The lowest BCUT2D eigenvalue weighted by atomic mass is 9.83. The summed E-state index contributed by atoms with van der Waals surface area (Å²) in [6.45, 7) is 0. The minimum absolute atomic E-state index is 1.02. The summed E-state index contributed by atoms with van der Waals surface area (Å²) in [6.07, 6.45) is 0. The molecule has 0 atom stereocenters. The molecular formula is C49H28N2S. The molecule has 0 aliphatic heterocycles. The van der Waals surface area contributed by atoms with Crippen LogP contribution in [0.1, 0.15) is 0 Å². The zero-order valence-corrected chi connectivity index (χ0v) is 28.8. The summed E-state index contributed by atoms with van der Waals surface area (Å²) in [5.41, 5.74) is 8.41. The van der Waals surface area contributed by atoms with E-state index in [1.165, 1.54) is 97.1 Å². The first-order valence-corrected chi connectivity index (χ1v) is 18.6. The Morgan fingerprint density at radius 2 is 0.808 bits per heavy atom. The van der Waals surface area contributed by atoms with Gasteiger partial charge in [-0.2, -0.15) is 0 Å². The predicted molar refractivity (Wildman–Crippen MR) is 224 cm³/mol. The molecule has 2 heterocycles. The van der Waals surface area contributed by atoms with E-state index >= 15 is 0 Å². The summed E-state index contributed by atoms with van der Waals surface area (Å²) in [4.78, 5) is 6.04. The maximum atomic E-state index is 5.01. The molecule has 0 saturated heterocycles. The maximum absolute atomic E-state index is 5.01. The fraction of sp³-hybridized carbons (Fsp3) is 0. The minimum atomic E-state index is 1.02. The Bertz CT molecular complexity index is 3480. The number of rotatable bonds is 1. The van der Waals surface area contributed by atoms with Crippen LogP contribution in [0.5, 0.6) is 0 Å². The smallest absolute Gasteiger partial charge is 0.195 e. The van der Waals surface area contributed by atoms with Gasteiger partial charge in [0.2, 0.25) is 0 Å². The predicted octanol–water partition coefficient (Wildman–Crippen LogP) is 14.0. The van der Waals surface area contributed by atoms with Crippen molar-refractivity contribution in [3.8, 4) is 22.3 Å². The molecule has 2 nitrogen and oxygen atoms in total. The van der Waals surface area contributed by atoms with Crippen molar-refractivity contribution in [2.45, 2.75) is 0 Å². The van der Waals surface area contributed by atoms with Gasteiger partial charge in [-0.05, 0) is 106 Å². The van der Waals surface area contributed by atoms with E-state index in [2.05, 4.69) is 174 Å². The number of thiazole rings is 1. The van der Waals surface area contributed by atoms with Crippen molar-refractivity contribution in [3.63, 3.8) is 0 Å². The van der Waals surface area contributed by atoms with Gasteiger partial charge in [-0.3, -0.25) is 4.40 Å². The van der Waals surface area contributed by atoms with Gasteiger partial charge in [0.15, 0.2) is 4.96 Å². The molecule has 240 valence electrons. The van der Waals surface area contributed by atoms with E-state index in [1.807, 2.05) is 0 Å². The summed E-state index contributed by atoms with van der Waals surface area (Å²) in [5, 5.41) is 15.1. The molecule has 0 saturated carbocycles. The van der Waals surface area contributed by atoms with Crippen LogP contribution in [0.3, 0.4) is 0 Å². The van der Waals surface area contributed by atoms with Gasteiger partial charge in [-0.1, -0.05) is 157 Å². The van der Waals surface area contributed by atoms with Crippen LogP contribution in [0.4, 0.5) is 0 Å². The molecule has 0 amide bonds. The second-order valence-corrected chi connectivity index (χ2v) is 14.8. The van der Waals surface area contributed by atoms with E-state index in [9.17, 15) is 0 Å². The van der Waals surface area contributed by atoms with E-state index < -0.39 is 0 Å². The van der Waals surface area contributed by atoms with Crippen molar-refractivity contribution in [1.82, 2.24) is 9.38 Å². The van der Waals surface area contributed by atoms with Gasteiger partial charge < -0.3 is 0 Å². The minimum Gasteiger partial charge on any atom is -0.283 e. The third kappa shape index (κ3) is 3.75. The molecule has 8 aromatic carbocycles.